The molecule has 5 nitrogen and oxygen atoms in total. The highest BCUT2D eigenvalue weighted by atomic mass is 16.3. The first-order chi connectivity index (χ1) is 6.11. The van der Waals surface area contributed by atoms with Crippen LogP contribution in [0.25, 0.3) is 0 Å². The van der Waals surface area contributed by atoms with Gasteiger partial charge in [-0.3, -0.25) is 4.68 Å². The Morgan fingerprint density at radius 2 is 2.23 bits per heavy atom. The summed E-state index contributed by atoms with van der Waals surface area (Å²) in [5, 5.41) is 23.2. The molecule has 1 aromatic heterocycles. The lowest BCUT2D eigenvalue weighted by Crippen LogP contribution is -2.24. The maximum absolute atomic E-state index is 9.64. The number of fused-ring (bicyclic) bond motifs is 1. The molecule has 0 saturated heterocycles. The number of nitrogen functional groups attached to an aromatic ring is 1. The minimum atomic E-state index is -0.877. The van der Waals surface area contributed by atoms with Gasteiger partial charge in [0.25, 0.3) is 0 Å². The Hall–Kier alpha value is -1.07. The van der Waals surface area contributed by atoms with Crippen LogP contribution in [0, 0.1) is 0 Å². The first-order valence-electron chi connectivity index (χ1n) is 4.28. The van der Waals surface area contributed by atoms with Crippen LogP contribution in [0.5, 0.6) is 0 Å². The molecule has 1 aliphatic rings. The van der Waals surface area contributed by atoms with Crippen LogP contribution in [0.1, 0.15) is 23.8 Å². The Balaban J connectivity index is 2.51. The summed E-state index contributed by atoms with van der Waals surface area (Å²) in [4.78, 5) is 0. The molecule has 1 aliphatic carbocycles. The number of aromatic nitrogens is 2. The van der Waals surface area contributed by atoms with Crippen molar-refractivity contribution in [3.8, 4) is 0 Å². The Labute approximate surface area is 75.8 Å². The molecule has 1 aromatic rings. The zero-order valence-electron chi connectivity index (χ0n) is 7.44. The van der Waals surface area contributed by atoms with E-state index in [1.165, 1.54) is 4.68 Å². The van der Waals surface area contributed by atoms with E-state index in [-0.39, 0.29) is 0 Å². The van der Waals surface area contributed by atoms with Gasteiger partial charge in [-0.25, -0.2) is 0 Å². The predicted octanol–water partition coefficient (Wildman–Crippen LogP) is -0.657. The van der Waals surface area contributed by atoms with E-state index in [4.69, 9.17) is 5.73 Å². The van der Waals surface area contributed by atoms with Crippen LogP contribution in [0.4, 0.5) is 5.82 Å². The highest BCUT2D eigenvalue weighted by molar-refractivity contribution is 5.46. The van der Waals surface area contributed by atoms with Gasteiger partial charge < -0.3 is 15.9 Å². The van der Waals surface area contributed by atoms with Gasteiger partial charge in [0.1, 0.15) is 11.9 Å². The van der Waals surface area contributed by atoms with Gasteiger partial charge in [0.05, 0.1) is 11.8 Å². The zero-order chi connectivity index (χ0) is 9.59. The second kappa shape index (κ2) is 2.71. The Morgan fingerprint density at radius 1 is 1.54 bits per heavy atom. The van der Waals surface area contributed by atoms with E-state index in [9.17, 15) is 10.2 Å². The standard InChI is InChI=1S/C8H13N3O2/c1-11-8(9)6-4(10-11)2-3-5(12)7(6)13/h5,7,12-13H,2-3,9H2,1H3. The van der Waals surface area contributed by atoms with E-state index in [1.807, 2.05) is 0 Å². The van der Waals surface area contributed by atoms with Crippen molar-refractivity contribution >= 4 is 5.82 Å². The Morgan fingerprint density at radius 3 is 2.92 bits per heavy atom. The quantitative estimate of drug-likeness (QED) is 0.498. The molecule has 4 N–H and O–H groups in total. The number of anilines is 1. The minimum Gasteiger partial charge on any atom is -0.390 e. The van der Waals surface area contributed by atoms with Crippen LogP contribution >= 0.6 is 0 Å². The molecule has 2 atom stereocenters. The summed E-state index contributed by atoms with van der Waals surface area (Å²) in [6.07, 6.45) is -0.361. The van der Waals surface area contributed by atoms with Gasteiger partial charge >= 0.3 is 0 Å². The lowest BCUT2D eigenvalue weighted by Gasteiger charge is -2.22. The molecule has 2 rings (SSSR count). The molecule has 72 valence electrons. The summed E-state index contributed by atoms with van der Waals surface area (Å²) in [6.45, 7) is 0. The molecule has 0 spiro atoms. The number of aliphatic hydroxyl groups excluding tert-OH is 2. The summed E-state index contributed by atoms with van der Waals surface area (Å²) in [7, 11) is 1.73. The maximum atomic E-state index is 9.64. The summed E-state index contributed by atoms with van der Waals surface area (Å²) in [6, 6.07) is 0. The number of aryl methyl sites for hydroxylation is 2. The molecule has 0 bridgehead atoms. The fourth-order valence-electron chi connectivity index (χ4n) is 1.75. The number of hydrogen-bond acceptors (Lipinski definition) is 4. The molecule has 0 aliphatic heterocycles. The third-order valence-electron chi connectivity index (χ3n) is 2.54. The highest BCUT2D eigenvalue weighted by Crippen LogP contribution is 2.33. The van der Waals surface area contributed by atoms with Crippen molar-refractivity contribution in [2.45, 2.75) is 25.0 Å². The van der Waals surface area contributed by atoms with Crippen LogP contribution < -0.4 is 5.73 Å². The molecule has 0 fully saturated rings. The summed E-state index contributed by atoms with van der Waals surface area (Å²) in [5.41, 5.74) is 7.11. The van der Waals surface area contributed by atoms with Crippen molar-refractivity contribution in [3.63, 3.8) is 0 Å². The highest BCUT2D eigenvalue weighted by Gasteiger charge is 2.31. The van der Waals surface area contributed by atoms with Crippen LogP contribution in [0.15, 0.2) is 0 Å². The van der Waals surface area contributed by atoms with Crippen molar-refractivity contribution in [1.82, 2.24) is 9.78 Å². The molecular formula is C8H13N3O2. The van der Waals surface area contributed by atoms with E-state index in [1.54, 1.807) is 7.05 Å². The van der Waals surface area contributed by atoms with Gasteiger partial charge in [-0.15, -0.1) is 0 Å². The van der Waals surface area contributed by atoms with Gasteiger partial charge in [-0.05, 0) is 12.8 Å². The van der Waals surface area contributed by atoms with Crippen LogP contribution in [-0.2, 0) is 13.5 Å². The first-order valence-corrected chi connectivity index (χ1v) is 4.28. The van der Waals surface area contributed by atoms with Gasteiger partial charge in [0.15, 0.2) is 0 Å². The number of nitrogens with zero attached hydrogens (tertiary/aromatic N) is 2. The normalized spacial score (nSPS) is 27.3. The fraction of sp³-hybridized carbons (Fsp3) is 0.625. The van der Waals surface area contributed by atoms with Crippen LogP contribution in [0.2, 0.25) is 0 Å². The lowest BCUT2D eigenvalue weighted by molar-refractivity contribution is 0.00678. The summed E-state index contributed by atoms with van der Waals surface area (Å²) >= 11 is 0. The van der Waals surface area contributed by atoms with E-state index in [0.29, 0.717) is 24.2 Å². The third kappa shape index (κ3) is 1.12. The molecule has 13 heavy (non-hydrogen) atoms. The Kier molecular flexibility index (Phi) is 1.78. The summed E-state index contributed by atoms with van der Waals surface area (Å²) < 4.78 is 1.53. The monoisotopic (exact) mass is 183 g/mol. The lowest BCUT2D eigenvalue weighted by atomic mass is 9.92. The van der Waals surface area contributed by atoms with E-state index in [2.05, 4.69) is 5.10 Å². The molecule has 0 radical (unpaired) electrons. The van der Waals surface area contributed by atoms with Crippen molar-refractivity contribution in [2.24, 2.45) is 7.05 Å². The molecule has 0 amide bonds. The number of nitrogens with two attached hydrogens (primary N) is 1. The minimum absolute atomic E-state index is 0.446. The van der Waals surface area contributed by atoms with Crippen molar-refractivity contribution < 1.29 is 10.2 Å². The average Bonchev–Trinajstić information content (AvgIpc) is 2.37. The van der Waals surface area contributed by atoms with Crippen LogP contribution in [0.3, 0.4) is 0 Å². The first kappa shape index (κ1) is 8.52. The predicted molar refractivity (Wildman–Crippen MR) is 46.9 cm³/mol. The van der Waals surface area contributed by atoms with Gasteiger partial charge in [0.2, 0.25) is 0 Å². The molecule has 5 heteroatoms. The van der Waals surface area contributed by atoms with Crippen LogP contribution in [-0.4, -0.2) is 26.1 Å². The molecular weight excluding hydrogens is 170 g/mol. The van der Waals surface area contributed by atoms with Gasteiger partial charge in [-0.1, -0.05) is 0 Å². The largest absolute Gasteiger partial charge is 0.390 e. The number of aliphatic hydroxyl groups is 2. The second-order valence-electron chi connectivity index (χ2n) is 3.42. The number of rotatable bonds is 0. The summed E-state index contributed by atoms with van der Waals surface area (Å²) in [5.74, 6) is 0.446. The zero-order valence-corrected chi connectivity index (χ0v) is 7.44. The second-order valence-corrected chi connectivity index (χ2v) is 3.42. The van der Waals surface area contributed by atoms with Crippen molar-refractivity contribution in [2.75, 3.05) is 5.73 Å². The van der Waals surface area contributed by atoms with Gasteiger partial charge in [-0.2, -0.15) is 5.10 Å². The number of hydrogen-bond donors (Lipinski definition) is 3. The Bertz CT molecular complexity index is 334. The molecule has 0 saturated carbocycles. The third-order valence-corrected chi connectivity index (χ3v) is 2.54. The van der Waals surface area contributed by atoms with E-state index < -0.39 is 12.2 Å². The molecule has 1 heterocycles. The van der Waals surface area contributed by atoms with E-state index in [0.717, 1.165) is 5.69 Å². The van der Waals surface area contributed by atoms with Gasteiger partial charge in [0, 0.05) is 12.6 Å². The maximum Gasteiger partial charge on any atom is 0.127 e. The molecule has 2 unspecified atom stereocenters. The van der Waals surface area contributed by atoms with Crippen molar-refractivity contribution in [3.05, 3.63) is 11.3 Å². The smallest absolute Gasteiger partial charge is 0.127 e. The fourth-order valence-corrected chi connectivity index (χ4v) is 1.75. The van der Waals surface area contributed by atoms with Crippen molar-refractivity contribution in [1.29, 1.82) is 0 Å². The molecule has 0 aromatic carbocycles. The van der Waals surface area contributed by atoms with E-state index >= 15 is 0 Å². The average molecular weight is 183 g/mol. The topological polar surface area (TPSA) is 84.3 Å². The SMILES string of the molecule is Cn1nc2c(c1N)C(O)C(O)CC2.